The van der Waals surface area contributed by atoms with E-state index >= 15 is 0 Å². The second kappa shape index (κ2) is 8.45. The summed E-state index contributed by atoms with van der Waals surface area (Å²) >= 11 is 0. The van der Waals surface area contributed by atoms with Crippen LogP contribution in [-0.4, -0.2) is 17.9 Å². The van der Waals surface area contributed by atoms with Crippen LogP contribution in [0.5, 0.6) is 0 Å². The first-order valence-corrected chi connectivity index (χ1v) is 10.3. The van der Waals surface area contributed by atoms with Crippen molar-refractivity contribution >= 4 is 17.5 Å². The molecule has 1 aliphatic rings. The summed E-state index contributed by atoms with van der Waals surface area (Å²) in [6.45, 7) is 13.3. The third-order valence-electron chi connectivity index (χ3n) is 6.29. The van der Waals surface area contributed by atoms with Crippen LogP contribution < -0.4 is 10.6 Å². The quantitative estimate of drug-likeness (QED) is 0.728. The minimum absolute atomic E-state index is 0.0606. The Hall–Kier alpha value is -1.84. The van der Waals surface area contributed by atoms with Crippen molar-refractivity contribution in [1.82, 2.24) is 5.32 Å². The highest BCUT2D eigenvalue weighted by Gasteiger charge is 2.32. The van der Waals surface area contributed by atoms with E-state index in [1.54, 1.807) is 0 Å². The maximum Gasteiger partial charge on any atom is 0.313 e. The van der Waals surface area contributed by atoms with Gasteiger partial charge in [-0.05, 0) is 60.1 Å². The Kier molecular flexibility index (Phi) is 6.72. The molecule has 0 atom stereocenters. The molecule has 0 unspecified atom stereocenters. The predicted octanol–water partition coefficient (Wildman–Crippen LogP) is 5.03. The molecule has 0 radical (unpaired) electrons. The van der Waals surface area contributed by atoms with E-state index in [2.05, 4.69) is 52.2 Å². The molecule has 0 aliphatic heterocycles. The van der Waals surface area contributed by atoms with Crippen LogP contribution in [0.3, 0.4) is 0 Å². The standard InChI is InChI=1S/C23H36N2O2/c1-7-23(5,6)17-10-14-19(15-11-17)25-21(27)20(26)24-18-12-8-16(9-13-18)22(2,3)4/h8-9,12-13,17,19H,7,10-11,14-15H2,1-6H3,(H,24,26)(H,25,27). The summed E-state index contributed by atoms with van der Waals surface area (Å²) < 4.78 is 0. The largest absolute Gasteiger partial charge is 0.345 e. The molecule has 0 heterocycles. The first-order valence-electron chi connectivity index (χ1n) is 10.3. The maximum atomic E-state index is 12.3. The Morgan fingerprint density at radius 3 is 1.96 bits per heavy atom. The molecular formula is C23H36N2O2. The number of benzene rings is 1. The molecule has 1 aliphatic carbocycles. The number of anilines is 1. The minimum Gasteiger partial charge on any atom is -0.345 e. The molecule has 0 saturated heterocycles. The van der Waals surface area contributed by atoms with E-state index in [1.165, 1.54) is 12.0 Å². The van der Waals surface area contributed by atoms with Gasteiger partial charge in [-0.15, -0.1) is 0 Å². The van der Waals surface area contributed by atoms with Crippen molar-refractivity contribution in [3.05, 3.63) is 29.8 Å². The first kappa shape index (κ1) is 21.5. The Balaban J connectivity index is 1.84. The van der Waals surface area contributed by atoms with Crippen molar-refractivity contribution in [3.63, 3.8) is 0 Å². The van der Waals surface area contributed by atoms with Crippen molar-refractivity contribution in [2.24, 2.45) is 11.3 Å². The molecule has 0 bridgehead atoms. The van der Waals surface area contributed by atoms with Gasteiger partial charge in [0.25, 0.3) is 0 Å². The molecule has 4 heteroatoms. The molecule has 0 spiro atoms. The van der Waals surface area contributed by atoms with Crippen LogP contribution in [0.15, 0.2) is 24.3 Å². The van der Waals surface area contributed by atoms with Gasteiger partial charge in [-0.3, -0.25) is 9.59 Å². The smallest absolute Gasteiger partial charge is 0.313 e. The second-order valence-electron chi connectivity index (χ2n) is 9.65. The number of amides is 2. The third kappa shape index (κ3) is 5.82. The number of hydrogen-bond donors (Lipinski definition) is 2. The molecule has 1 aromatic carbocycles. The fourth-order valence-electron chi connectivity index (χ4n) is 3.80. The van der Waals surface area contributed by atoms with E-state index in [4.69, 9.17) is 0 Å². The van der Waals surface area contributed by atoms with E-state index in [0.717, 1.165) is 25.7 Å². The lowest BCUT2D eigenvalue weighted by Crippen LogP contribution is -2.44. The minimum atomic E-state index is -0.588. The van der Waals surface area contributed by atoms with E-state index in [-0.39, 0.29) is 11.5 Å². The van der Waals surface area contributed by atoms with Crippen molar-refractivity contribution in [2.75, 3.05) is 5.32 Å². The number of carbonyl (C=O) groups excluding carboxylic acids is 2. The van der Waals surface area contributed by atoms with Crippen LogP contribution in [-0.2, 0) is 15.0 Å². The first-order chi connectivity index (χ1) is 12.5. The van der Waals surface area contributed by atoms with Gasteiger partial charge in [-0.25, -0.2) is 0 Å². The van der Waals surface area contributed by atoms with Crippen LogP contribution >= 0.6 is 0 Å². The summed E-state index contributed by atoms with van der Waals surface area (Å²) in [6, 6.07) is 7.79. The fourth-order valence-corrected chi connectivity index (χ4v) is 3.80. The van der Waals surface area contributed by atoms with E-state index in [1.807, 2.05) is 24.3 Å². The van der Waals surface area contributed by atoms with Crippen molar-refractivity contribution < 1.29 is 9.59 Å². The van der Waals surface area contributed by atoms with Gasteiger partial charge >= 0.3 is 11.8 Å². The van der Waals surface area contributed by atoms with Gasteiger partial charge in [0, 0.05) is 11.7 Å². The van der Waals surface area contributed by atoms with Crippen LogP contribution in [0.25, 0.3) is 0 Å². The van der Waals surface area contributed by atoms with Gasteiger partial charge in [0.15, 0.2) is 0 Å². The summed E-state index contributed by atoms with van der Waals surface area (Å²) in [5.74, 6) is -0.423. The molecule has 2 rings (SSSR count). The lowest BCUT2D eigenvalue weighted by atomic mass is 9.69. The molecule has 1 aromatic rings. The monoisotopic (exact) mass is 372 g/mol. The van der Waals surface area contributed by atoms with Gasteiger partial charge < -0.3 is 10.6 Å². The molecule has 1 fully saturated rings. The summed E-state index contributed by atoms with van der Waals surface area (Å²) in [7, 11) is 0. The van der Waals surface area contributed by atoms with Gasteiger partial charge in [-0.2, -0.15) is 0 Å². The van der Waals surface area contributed by atoms with Gasteiger partial charge in [0.05, 0.1) is 0 Å². The van der Waals surface area contributed by atoms with Crippen LogP contribution in [0.1, 0.15) is 79.2 Å². The number of rotatable bonds is 4. The molecule has 2 N–H and O–H groups in total. The summed E-state index contributed by atoms with van der Waals surface area (Å²) in [4.78, 5) is 24.5. The highest BCUT2D eigenvalue weighted by molar-refractivity contribution is 6.39. The topological polar surface area (TPSA) is 58.2 Å². The summed E-state index contributed by atoms with van der Waals surface area (Å²) in [6.07, 6.45) is 5.30. The van der Waals surface area contributed by atoms with Crippen molar-refractivity contribution in [1.29, 1.82) is 0 Å². The van der Waals surface area contributed by atoms with Gasteiger partial charge in [0.1, 0.15) is 0 Å². The van der Waals surface area contributed by atoms with Crippen LogP contribution in [0.4, 0.5) is 5.69 Å². The zero-order chi connectivity index (χ0) is 20.2. The average molecular weight is 373 g/mol. The summed E-state index contributed by atoms with van der Waals surface area (Å²) in [5, 5.41) is 5.61. The fraction of sp³-hybridized carbons (Fsp3) is 0.652. The molecule has 2 amide bonds. The van der Waals surface area contributed by atoms with Gasteiger partial charge in [-0.1, -0.05) is 60.1 Å². The molecule has 27 heavy (non-hydrogen) atoms. The lowest BCUT2D eigenvalue weighted by molar-refractivity contribution is -0.136. The Morgan fingerprint density at radius 1 is 0.926 bits per heavy atom. The van der Waals surface area contributed by atoms with E-state index < -0.39 is 11.8 Å². The number of nitrogens with one attached hydrogen (secondary N) is 2. The molecule has 4 nitrogen and oxygen atoms in total. The van der Waals surface area contributed by atoms with Crippen molar-refractivity contribution in [3.8, 4) is 0 Å². The Bertz CT molecular complexity index is 648. The molecule has 0 aromatic heterocycles. The zero-order valence-electron chi connectivity index (χ0n) is 17.8. The second-order valence-corrected chi connectivity index (χ2v) is 9.65. The lowest BCUT2D eigenvalue weighted by Gasteiger charge is -2.39. The predicted molar refractivity (Wildman–Crippen MR) is 112 cm³/mol. The number of hydrogen-bond acceptors (Lipinski definition) is 2. The van der Waals surface area contributed by atoms with Crippen LogP contribution in [0, 0.1) is 11.3 Å². The molecule has 1 saturated carbocycles. The average Bonchev–Trinajstić information content (AvgIpc) is 2.61. The highest BCUT2D eigenvalue weighted by Crippen LogP contribution is 2.40. The normalized spacial score (nSPS) is 20.8. The summed E-state index contributed by atoms with van der Waals surface area (Å²) in [5.41, 5.74) is 2.25. The highest BCUT2D eigenvalue weighted by atomic mass is 16.2. The van der Waals surface area contributed by atoms with Crippen molar-refractivity contribution in [2.45, 2.75) is 85.1 Å². The zero-order valence-corrected chi connectivity index (χ0v) is 17.8. The van der Waals surface area contributed by atoms with Gasteiger partial charge in [0.2, 0.25) is 0 Å². The van der Waals surface area contributed by atoms with Crippen LogP contribution in [0.2, 0.25) is 0 Å². The van der Waals surface area contributed by atoms with E-state index in [9.17, 15) is 9.59 Å². The Morgan fingerprint density at radius 2 is 1.48 bits per heavy atom. The molecular weight excluding hydrogens is 336 g/mol. The Labute approximate surface area is 164 Å². The molecule has 150 valence electrons. The van der Waals surface area contributed by atoms with E-state index in [0.29, 0.717) is 17.0 Å². The SMILES string of the molecule is CCC(C)(C)C1CCC(NC(=O)C(=O)Nc2ccc(C(C)(C)C)cc2)CC1. The maximum absolute atomic E-state index is 12.3. The number of carbonyl (C=O) groups is 2. The third-order valence-corrected chi connectivity index (χ3v) is 6.29.